The predicted octanol–water partition coefficient (Wildman–Crippen LogP) is 3.14. The minimum atomic E-state index is -0.276. The minimum Gasteiger partial charge on any atom is -0.465 e. The van der Waals surface area contributed by atoms with Crippen LogP contribution in [0.1, 0.15) is 38.5 Å². The fourth-order valence-electron chi connectivity index (χ4n) is 3.63. The molecule has 1 aromatic rings. The van der Waals surface area contributed by atoms with Gasteiger partial charge in [0, 0.05) is 17.5 Å². The van der Waals surface area contributed by atoms with Crippen LogP contribution in [0.2, 0.25) is 0 Å². The fraction of sp³-hybridized carbons (Fsp3) is 0.529. The molecule has 1 aliphatic carbocycles. The highest BCUT2D eigenvalue weighted by Gasteiger charge is 2.50. The quantitative estimate of drug-likeness (QED) is 0.869. The van der Waals surface area contributed by atoms with Gasteiger partial charge in [-0.25, -0.2) is 0 Å². The van der Waals surface area contributed by atoms with E-state index in [0.29, 0.717) is 6.61 Å². The first-order valence-electron chi connectivity index (χ1n) is 7.71. The van der Waals surface area contributed by atoms with Crippen LogP contribution in [0.4, 0.5) is 5.69 Å². The Balaban J connectivity index is 1.67. The maximum absolute atomic E-state index is 12.2. The predicted molar refractivity (Wildman–Crippen MR) is 79.7 cm³/mol. The molecule has 1 amide bonds. The highest BCUT2D eigenvalue weighted by atomic mass is 16.5. The molecule has 2 aliphatic rings. The molecule has 1 spiro atoms. The number of para-hydroxylation sites is 1. The summed E-state index contributed by atoms with van der Waals surface area (Å²) in [7, 11) is 0. The van der Waals surface area contributed by atoms with E-state index in [9.17, 15) is 9.59 Å². The van der Waals surface area contributed by atoms with Crippen LogP contribution >= 0.6 is 0 Å². The van der Waals surface area contributed by atoms with Gasteiger partial charge in [0.2, 0.25) is 5.91 Å². The summed E-state index contributed by atoms with van der Waals surface area (Å²) < 4.78 is 5.29. The van der Waals surface area contributed by atoms with Crippen molar-refractivity contribution in [1.82, 2.24) is 0 Å². The zero-order valence-electron chi connectivity index (χ0n) is 12.1. The standard InChI is InChI=1S/C17H21NO3/c19-15(18-13-7-3-1-4-8-13)11-14-16(20)21-12-17(14)9-5-2-6-10-17/h1,3-4,7-8,14H,2,5-6,9-12H2,(H,18,19). The molecule has 1 N–H and O–H groups in total. The number of cyclic esters (lactones) is 1. The van der Waals surface area contributed by atoms with Gasteiger partial charge in [0.05, 0.1) is 12.5 Å². The topological polar surface area (TPSA) is 55.4 Å². The maximum atomic E-state index is 12.2. The van der Waals surface area contributed by atoms with E-state index in [-0.39, 0.29) is 29.6 Å². The lowest BCUT2D eigenvalue weighted by molar-refractivity contribution is -0.142. The molecule has 4 nitrogen and oxygen atoms in total. The molecule has 1 saturated carbocycles. The van der Waals surface area contributed by atoms with E-state index in [2.05, 4.69) is 5.32 Å². The lowest BCUT2D eigenvalue weighted by Crippen LogP contribution is -2.35. The highest BCUT2D eigenvalue weighted by molar-refractivity contribution is 5.93. The van der Waals surface area contributed by atoms with Crippen LogP contribution in [0.3, 0.4) is 0 Å². The molecule has 112 valence electrons. The fourth-order valence-corrected chi connectivity index (χ4v) is 3.63. The summed E-state index contributed by atoms with van der Waals surface area (Å²) in [6, 6.07) is 9.35. The molecular weight excluding hydrogens is 266 g/mol. The number of esters is 1. The van der Waals surface area contributed by atoms with Gasteiger partial charge in [-0.05, 0) is 25.0 Å². The van der Waals surface area contributed by atoms with E-state index in [1.165, 1.54) is 6.42 Å². The number of amides is 1. The van der Waals surface area contributed by atoms with Gasteiger partial charge in [-0.3, -0.25) is 9.59 Å². The minimum absolute atomic E-state index is 0.0939. The second-order valence-corrected chi connectivity index (χ2v) is 6.20. The number of benzene rings is 1. The Bertz CT molecular complexity index is 520. The van der Waals surface area contributed by atoms with Gasteiger partial charge in [0.15, 0.2) is 0 Å². The summed E-state index contributed by atoms with van der Waals surface area (Å²) in [6.07, 6.45) is 5.72. The zero-order valence-corrected chi connectivity index (χ0v) is 12.1. The van der Waals surface area contributed by atoms with Crippen LogP contribution in [0.25, 0.3) is 0 Å². The van der Waals surface area contributed by atoms with E-state index in [0.717, 1.165) is 31.4 Å². The largest absolute Gasteiger partial charge is 0.465 e. The Labute approximate surface area is 124 Å². The first kappa shape index (κ1) is 14.1. The highest BCUT2D eigenvalue weighted by Crippen LogP contribution is 2.48. The van der Waals surface area contributed by atoms with E-state index in [1.54, 1.807) is 0 Å². The van der Waals surface area contributed by atoms with Gasteiger partial charge in [-0.1, -0.05) is 37.5 Å². The Morgan fingerprint density at radius 1 is 1.19 bits per heavy atom. The molecule has 1 heterocycles. The summed E-state index contributed by atoms with van der Waals surface area (Å²) in [6.45, 7) is 0.495. The normalized spacial score (nSPS) is 23.8. The summed E-state index contributed by atoms with van der Waals surface area (Å²) >= 11 is 0. The molecule has 1 unspecified atom stereocenters. The van der Waals surface area contributed by atoms with Crippen LogP contribution in [-0.4, -0.2) is 18.5 Å². The van der Waals surface area contributed by atoms with Crippen molar-refractivity contribution >= 4 is 17.6 Å². The van der Waals surface area contributed by atoms with Crippen molar-refractivity contribution in [2.24, 2.45) is 11.3 Å². The zero-order chi connectivity index (χ0) is 14.7. The smallest absolute Gasteiger partial charge is 0.310 e. The number of carbonyl (C=O) groups is 2. The molecule has 1 atom stereocenters. The number of hydrogen-bond donors (Lipinski definition) is 1. The summed E-state index contributed by atoms with van der Waals surface area (Å²) in [5, 5.41) is 2.86. The third-order valence-electron chi connectivity index (χ3n) is 4.82. The van der Waals surface area contributed by atoms with E-state index < -0.39 is 0 Å². The van der Waals surface area contributed by atoms with Crippen LogP contribution < -0.4 is 5.32 Å². The van der Waals surface area contributed by atoms with Gasteiger partial charge in [0.1, 0.15) is 0 Å². The molecule has 1 aliphatic heterocycles. The lowest BCUT2D eigenvalue weighted by Gasteiger charge is -2.35. The number of rotatable bonds is 3. The molecule has 21 heavy (non-hydrogen) atoms. The van der Waals surface area contributed by atoms with Crippen LogP contribution in [0.5, 0.6) is 0 Å². The van der Waals surface area contributed by atoms with Gasteiger partial charge >= 0.3 is 5.97 Å². The summed E-state index contributed by atoms with van der Waals surface area (Å²) in [5.41, 5.74) is 0.676. The van der Waals surface area contributed by atoms with Gasteiger partial charge in [-0.15, -0.1) is 0 Å². The van der Waals surface area contributed by atoms with Crippen molar-refractivity contribution < 1.29 is 14.3 Å². The molecule has 0 radical (unpaired) electrons. The number of hydrogen-bond acceptors (Lipinski definition) is 3. The third-order valence-corrected chi connectivity index (χ3v) is 4.82. The van der Waals surface area contributed by atoms with Crippen molar-refractivity contribution in [3.63, 3.8) is 0 Å². The number of carbonyl (C=O) groups excluding carboxylic acids is 2. The Morgan fingerprint density at radius 3 is 2.62 bits per heavy atom. The van der Waals surface area contributed by atoms with Crippen LogP contribution in [-0.2, 0) is 14.3 Å². The maximum Gasteiger partial charge on any atom is 0.310 e. The Morgan fingerprint density at radius 2 is 1.90 bits per heavy atom. The van der Waals surface area contributed by atoms with E-state index in [1.807, 2.05) is 30.3 Å². The molecular formula is C17H21NO3. The van der Waals surface area contributed by atoms with E-state index >= 15 is 0 Å². The van der Waals surface area contributed by atoms with Gasteiger partial charge in [-0.2, -0.15) is 0 Å². The lowest BCUT2D eigenvalue weighted by atomic mass is 9.66. The third kappa shape index (κ3) is 2.94. The Hall–Kier alpha value is -1.84. The molecule has 4 heteroatoms. The van der Waals surface area contributed by atoms with Crippen molar-refractivity contribution in [2.75, 3.05) is 11.9 Å². The second-order valence-electron chi connectivity index (χ2n) is 6.20. The summed E-state index contributed by atoms with van der Waals surface area (Å²) in [5.74, 6) is -0.573. The van der Waals surface area contributed by atoms with Crippen LogP contribution in [0.15, 0.2) is 30.3 Å². The molecule has 3 rings (SSSR count). The Kier molecular flexibility index (Phi) is 3.95. The SMILES string of the molecule is O=C(CC1C(=O)OCC12CCCCC2)Nc1ccccc1. The molecule has 1 saturated heterocycles. The van der Waals surface area contributed by atoms with Crippen molar-refractivity contribution in [2.45, 2.75) is 38.5 Å². The number of nitrogens with one attached hydrogen (secondary N) is 1. The first-order chi connectivity index (χ1) is 10.2. The number of anilines is 1. The molecule has 1 aromatic carbocycles. The number of ether oxygens (including phenoxy) is 1. The van der Waals surface area contributed by atoms with Crippen molar-refractivity contribution in [3.8, 4) is 0 Å². The van der Waals surface area contributed by atoms with Crippen molar-refractivity contribution in [1.29, 1.82) is 0 Å². The average molecular weight is 287 g/mol. The molecule has 0 bridgehead atoms. The van der Waals surface area contributed by atoms with Crippen molar-refractivity contribution in [3.05, 3.63) is 30.3 Å². The summed E-state index contributed by atoms with van der Waals surface area (Å²) in [4.78, 5) is 24.3. The first-order valence-corrected chi connectivity index (χ1v) is 7.71. The van der Waals surface area contributed by atoms with Crippen LogP contribution in [0, 0.1) is 11.3 Å². The molecule has 0 aromatic heterocycles. The van der Waals surface area contributed by atoms with Gasteiger partial charge in [0.25, 0.3) is 0 Å². The second kappa shape index (κ2) is 5.88. The molecule has 2 fully saturated rings. The van der Waals surface area contributed by atoms with Gasteiger partial charge < -0.3 is 10.1 Å². The van der Waals surface area contributed by atoms with E-state index in [4.69, 9.17) is 4.74 Å². The average Bonchev–Trinajstić information content (AvgIpc) is 2.79. The monoisotopic (exact) mass is 287 g/mol.